The maximum absolute atomic E-state index is 13.4. The quantitative estimate of drug-likeness (QED) is 0.101. The van der Waals surface area contributed by atoms with Crippen molar-refractivity contribution in [3.05, 3.63) is 53.4 Å². The lowest BCUT2D eigenvalue weighted by molar-refractivity contribution is -0.156. The molecule has 0 N–H and O–H groups in total. The van der Waals surface area contributed by atoms with E-state index in [1.807, 2.05) is 27.7 Å². The number of hydrogen-bond acceptors (Lipinski definition) is 8. The lowest BCUT2D eigenvalue weighted by Gasteiger charge is -2.25. The van der Waals surface area contributed by atoms with Crippen molar-refractivity contribution in [3.63, 3.8) is 0 Å². The smallest absolute Gasteiger partial charge is 0.423 e. The van der Waals surface area contributed by atoms with E-state index in [1.54, 1.807) is 0 Å². The van der Waals surface area contributed by atoms with Crippen LogP contribution in [0.25, 0.3) is 0 Å². The molecule has 4 rings (SSSR count). The summed E-state index contributed by atoms with van der Waals surface area (Å²) < 4.78 is 21.8. The Morgan fingerprint density at radius 3 is 1.15 bits per heavy atom. The number of carbonyl (C=O) groups excluding carboxylic acids is 4. The van der Waals surface area contributed by atoms with E-state index in [4.69, 9.17) is 88.6 Å². The second-order valence-electron chi connectivity index (χ2n) is 14.4. The number of hydrogen-bond donors (Lipinski definition) is 0. The summed E-state index contributed by atoms with van der Waals surface area (Å²) in [5, 5.41) is -1.51. The Morgan fingerprint density at radius 2 is 0.896 bits per heavy atom. The summed E-state index contributed by atoms with van der Waals surface area (Å²) in [6.45, 7) is 16.5. The molecular formula is C34H36Cl6O8. The van der Waals surface area contributed by atoms with E-state index < -0.39 is 46.5 Å². The molecule has 2 fully saturated rings. The molecular weight excluding hydrogens is 749 g/mol. The average Bonchev–Trinajstić information content (AvgIpc) is 3.78. The predicted molar refractivity (Wildman–Crippen MR) is 186 cm³/mol. The molecule has 14 heteroatoms. The van der Waals surface area contributed by atoms with E-state index in [1.165, 1.54) is 0 Å². The van der Waals surface area contributed by atoms with Crippen molar-refractivity contribution in [1.82, 2.24) is 0 Å². The monoisotopic (exact) mass is 782 g/mol. The number of carbonyl (C=O) groups is 4. The molecule has 0 aromatic heterocycles. The summed E-state index contributed by atoms with van der Waals surface area (Å²) >= 11 is 37.7. The average molecular weight is 785 g/mol. The molecule has 2 aliphatic rings. The van der Waals surface area contributed by atoms with Gasteiger partial charge in [0.1, 0.15) is 11.1 Å². The van der Waals surface area contributed by atoms with E-state index in [-0.39, 0.29) is 76.8 Å². The van der Waals surface area contributed by atoms with Crippen LogP contribution in [0.4, 0.5) is 0 Å². The number of halogens is 6. The Bertz CT molecular complexity index is 1580. The summed E-state index contributed by atoms with van der Waals surface area (Å²) in [5.41, 5.74) is -1.63. The Morgan fingerprint density at radius 1 is 0.604 bits per heavy atom. The van der Waals surface area contributed by atoms with Gasteiger partial charge in [0.2, 0.25) is 0 Å². The van der Waals surface area contributed by atoms with E-state index in [9.17, 15) is 19.2 Å². The SMILES string of the molecule is CC(C)C1(COC(=O)c2c(Cl)c(Cl)cc(Cl)c2OC(=O)C(=O)Oc2c(Cl)cc(Cl)c(Cl)c2C(=O)OCC2(C(C)C)CC2(C)C)CC1(C)C. The van der Waals surface area contributed by atoms with Gasteiger partial charge in [0.15, 0.2) is 11.5 Å². The van der Waals surface area contributed by atoms with Crippen LogP contribution in [0, 0.1) is 33.5 Å². The van der Waals surface area contributed by atoms with Gasteiger partial charge in [0.25, 0.3) is 0 Å². The highest BCUT2D eigenvalue weighted by Gasteiger charge is 2.64. The molecule has 2 atom stereocenters. The Hall–Kier alpha value is -1.94. The zero-order valence-electron chi connectivity index (χ0n) is 27.7. The van der Waals surface area contributed by atoms with Crippen LogP contribution >= 0.6 is 69.6 Å². The van der Waals surface area contributed by atoms with Crippen LogP contribution < -0.4 is 9.47 Å². The second-order valence-corrected chi connectivity index (χ2v) is 16.8. The first-order chi connectivity index (χ1) is 22.0. The van der Waals surface area contributed by atoms with Crippen molar-refractivity contribution in [2.24, 2.45) is 33.5 Å². The molecule has 0 radical (unpaired) electrons. The van der Waals surface area contributed by atoms with Crippen LogP contribution in [-0.2, 0) is 19.1 Å². The van der Waals surface area contributed by atoms with E-state index in [2.05, 4.69) is 27.7 Å². The van der Waals surface area contributed by atoms with Crippen molar-refractivity contribution in [3.8, 4) is 11.5 Å². The number of ether oxygens (including phenoxy) is 4. The number of benzene rings is 2. The van der Waals surface area contributed by atoms with Crippen LogP contribution in [0.3, 0.4) is 0 Å². The van der Waals surface area contributed by atoms with Crippen molar-refractivity contribution in [2.45, 2.75) is 68.2 Å². The third-order valence-corrected chi connectivity index (χ3v) is 12.4. The van der Waals surface area contributed by atoms with Crippen LogP contribution in [0.15, 0.2) is 12.1 Å². The molecule has 2 aromatic carbocycles. The summed E-state index contributed by atoms with van der Waals surface area (Å²) in [6, 6.07) is 2.26. The van der Waals surface area contributed by atoms with Crippen LogP contribution in [0.1, 0.15) is 88.9 Å². The van der Waals surface area contributed by atoms with Gasteiger partial charge in [-0.2, -0.15) is 0 Å². The largest absolute Gasteiger partial charge is 0.461 e. The maximum atomic E-state index is 13.4. The normalized spacial score (nSPS) is 21.9. The van der Waals surface area contributed by atoms with Gasteiger partial charge in [-0.3, -0.25) is 0 Å². The Kier molecular flexibility index (Phi) is 11.0. The number of rotatable bonds is 10. The number of esters is 4. The summed E-state index contributed by atoms with van der Waals surface area (Å²) in [6.07, 6.45) is 1.65. The van der Waals surface area contributed by atoms with Crippen LogP contribution in [-0.4, -0.2) is 37.1 Å². The van der Waals surface area contributed by atoms with Gasteiger partial charge >= 0.3 is 23.9 Å². The van der Waals surface area contributed by atoms with Gasteiger partial charge < -0.3 is 18.9 Å². The minimum Gasteiger partial charge on any atom is -0.461 e. The summed E-state index contributed by atoms with van der Waals surface area (Å²) in [4.78, 5) is 52.9. The minimum atomic E-state index is -1.65. The van der Waals surface area contributed by atoms with Crippen molar-refractivity contribution in [2.75, 3.05) is 13.2 Å². The zero-order valence-corrected chi connectivity index (χ0v) is 32.2. The van der Waals surface area contributed by atoms with Gasteiger partial charge in [-0.15, -0.1) is 0 Å². The zero-order chi connectivity index (χ0) is 36.3. The highest BCUT2D eigenvalue weighted by molar-refractivity contribution is 6.47. The molecule has 2 saturated carbocycles. The van der Waals surface area contributed by atoms with Gasteiger partial charge in [-0.05, 0) is 47.6 Å². The highest BCUT2D eigenvalue weighted by Crippen LogP contribution is 2.68. The van der Waals surface area contributed by atoms with Gasteiger partial charge in [-0.25, -0.2) is 19.2 Å². The standard InChI is InChI=1S/C34H36Cl6O8/c1-15(2)33(11-31(33,5)6)13-45-27(41)21-23(39)17(35)9-19(37)25(21)47-29(43)30(44)48-26-20(38)10-18(36)24(40)22(26)28(42)46-14-34(16(3)4)12-32(34,7)8/h9-10,15-16H,11-14H2,1-8H3. The molecule has 8 nitrogen and oxygen atoms in total. The molecule has 0 saturated heterocycles. The maximum Gasteiger partial charge on any atom is 0.423 e. The topological polar surface area (TPSA) is 105 Å². The van der Waals surface area contributed by atoms with Gasteiger partial charge in [0.05, 0.1) is 43.3 Å². The molecule has 262 valence electrons. The predicted octanol–water partition coefficient (Wildman–Crippen LogP) is 10.6. The van der Waals surface area contributed by atoms with Crippen LogP contribution in [0.5, 0.6) is 11.5 Å². The molecule has 48 heavy (non-hydrogen) atoms. The molecule has 0 heterocycles. The third kappa shape index (κ3) is 7.00. The van der Waals surface area contributed by atoms with Gasteiger partial charge in [-0.1, -0.05) is 125 Å². The molecule has 2 unspecified atom stereocenters. The minimum absolute atomic E-state index is 0.0525. The van der Waals surface area contributed by atoms with E-state index in [0.717, 1.165) is 25.0 Å². The lowest BCUT2D eigenvalue weighted by atomic mass is 9.85. The molecule has 0 amide bonds. The first-order valence-electron chi connectivity index (χ1n) is 15.2. The molecule has 2 aromatic rings. The fourth-order valence-corrected chi connectivity index (χ4v) is 8.25. The van der Waals surface area contributed by atoms with Crippen molar-refractivity contribution >= 4 is 93.5 Å². The lowest BCUT2D eigenvalue weighted by Crippen LogP contribution is -2.28. The molecule has 0 spiro atoms. The fourth-order valence-electron chi connectivity index (χ4n) is 6.81. The Labute approximate surface area is 309 Å². The highest BCUT2D eigenvalue weighted by atomic mass is 35.5. The van der Waals surface area contributed by atoms with Gasteiger partial charge in [0, 0.05) is 10.8 Å². The Balaban J connectivity index is 1.58. The summed E-state index contributed by atoms with van der Waals surface area (Å²) in [5.74, 6) is -6.03. The van der Waals surface area contributed by atoms with E-state index in [0.29, 0.717) is 0 Å². The van der Waals surface area contributed by atoms with Crippen molar-refractivity contribution < 1.29 is 38.1 Å². The first-order valence-corrected chi connectivity index (χ1v) is 17.4. The molecule has 0 bridgehead atoms. The second kappa shape index (κ2) is 13.6. The third-order valence-electron chi connectivity index (χ3n) is 10.3. The van der Waals surface area contributed by atoms with E-state index >= 15 is 0 Å². The molecule has 0 aliphatic heterocycles. The van der Waals surface area contributed by atoms with Crippen molar-refractivity contribution in [1.29, 1.82) is 0 Å². The van der Waals surface area contributed by atoms with Crippen LogP contribution in [0.2, 0.25) is 30.1 Å². The first kappa shape index (κ1) is 38.9. The fraction of sp³-hybridized carbons (Fsp3) is 0.529. The molecule has 2 aliphatic carbocycles. The summed E-state index contributed by atoms with van der Waals surface area (Å²) in [7, 11) is 0.